The standard InChI is InChI=1S/C25H32O2S/c1-2-12-23(28)18-19-25(27,22-15-8-4-9-16-22)24(17-10-5-11-20-26)21-13-6-3-7-14-21/h3-4,6-9,13-16,20,24,27H,2,5,10-12,17-19H2,1H3. The van der Waals surface area contributed by atoms with Gasteiger partial charge in [0.2, 0.25) is 0 Å². The lowest BCUT2D eigenvalue weighted by Gasteiger charge is -2.38. The van der Waals surface area contributed by atoms with E-state index in [2.05, 4.69) is 19.1 Å². The molecule has 2 atom stereocenters. The van der Waals surface area contributed by atoms with E-state index in [9.17, 15) is 9.90 Å². The van der Waals surface area contributed by atoms with E-state index >= 15 is 0 Å². The Labute approximate surface area is 175 Å². The second kappa shape index (κ2) is 11.9. The Balaban J connectivity index is 2.36. The summed E-state index contributed by atoms with van der Waals surface area (Å²) in [5.41, 5.74) is 1.10. The van der Waals surface area contributed by atoms with Crippen LogP contribution in [0.3, 0.4) is 0 Å². The molecular weight excluding hydrogens is 364 g/mol. The fourth-order valence-corrected chi connectivity index (χ4v) is 4.23. The van der Waals surface area contributed by atoms with Crippen molar-refractivity contribution in [3.8, 4) is 0 Å². The van der Waals surface area contributed by atoms with E-state index in [0.717, 1.165) is 60.8 Å². The molecule has 2 aromatic rings. The summed E-state index contributed by atoms with van der Waals surface area (Å²) in [5.74, 6) is -0.0350. The number of thiocarbonyl (C=S) groups is 1. The van der Waals surface area contributed by atoms with Gasteiger partial charge in [0.25, 0.3) is 0 Å². The van der Waals surface area contributed by atoms with Gasteiger partial charge in [0.15, 0.2) is 0 Å². The van der Waals surface area contributed by atoms with Crippen LogP contribution in [0.4, 0.5) is 0 Å². The van der Waals surface area contributed by atoms with Crippen LogP contribution in [0.5, 0.6) is 0 Å². The number of hydrogen-bond acceptors (Lipinski definition) is 3. The van der Waals surface area contributed by atoms with Gasteiger partial charge in [0.05, 0.1) is 5.60 Å². The molecule has 0 radical (unpaired) electrons. The third kappa shape index (κ3) is 6.35. The molecule has 150 valence electrons. The van der Waals surface area contributed by atoms with Crippen molar-refractivity contribution in [1.82, 2.24) is 0 Å². The van der Waals surface area contributed by atoms with Gasteiger partial charge in [0.1, 0.15) is 6.29 Å². The summed E-state index contributed by atoms with van der Waals surface area (Å²) in [5, 5.41) is 12.0. The van der Waals surface area contributed by atoms with E-state index < -0.39 is 5.60 Å². The number of rotatable bonds is 13. The molecule has 0 bridgehead atoms. The molecular formula is C25H32O2S. The highest BCUT2D eigenvalue weighted by Crippen LogP contribution is 2.44. The smallest absolute Gasteiger partial charge is 0.119 e. The minimum Gasteiger partial charge on any atom is -0.385 e. The maximum atomic E-state index is 12.0. The topological polar surface area (TPSA) is 37.3 Å². The van der Waals surface area contributed by atoms with Crippen molar-refractivity contribution in [3.63, 3.8) is 0 Å². The van der Waals surface area contributed by atoms with Crippen LogP contribution in [-0.4, -0.2) is 16.3 Å². The second-order valence-electron chi connectivity index (χ2n) is 7.49. The zero-order chi connectivity index (χ0) is 20.2. The molecule has 2 aromatic carbocycles. The summed E-state index contributed by atoms with van der Waals surface area (Å²) in [6.45, 7) is 2.13. The summed E-state index contributed by atoms with van der Waals surface area (Å²) in [6, 6.07) is 20.2. The first-order valence-electron chi connectivity index (χ1n) is 10.4. The number of hydrogen-bond donors (Lipinski definition) is 1. The monoisotopic (exact) mass is 396 g/mol. The minimum absolute atomic E-state index is 0.0350. The normalized spacial score (nSPS) is 14.2. The van der Waals surface area contributed by atoms with Crippen molar-refractivity contribution in [2.75, 3.05) is 0 Å². The van der Waals surface area contributed by atoms with Crippen LogP contribution in [0.2, 0.25) is 0 Å². The van der Waals surface area contributed by atoms with Crippen molar-refractivity contribution in [1.29, 1.82) is 0 Å². The number of carbonyl (C=O) groups excluding carboxylic acids is 1. The molecule has 1 N–H and O–H groups in total. The van der Waals surface area contributed by atoms with Gasteiger partial charge in [-0.2, -0.15) is 0 Å². The van der Waals surface area contributed by atoms with Crippen molar-refractivity contribution >= 4 is 23.4 Å². The van der Waals surface area contributed by atoms with Gasteiger partial charge in [-0.3, -0.25) is 0 Å². The number of aldehydes is 1. The fourth-order valence-electron chi connectivity index (χ4n) is 3.92. The van der Waals surface area contributed by atoms with Gasteiger partial charge >= 0.3 is 0 Å². The van der Waals surface area contributed by atoms with Crippen molar-refractivity contribution in [2.24, 2.45) is 0 Å². The van der Waals surface area contributed by atoms with Crippen LogP contribution in [0.1, 0.15) is 75.3 Å². The molecule has 0 heterocycles. The molecule has 28 heavy (non-hydrogen) atoms. The number of benzene rings is 2. The quantitative estimate of drug-likeness (QED) is 0.243. The molecule has 0 amide bonds. The first-order chi connectivity index (χ1) is 13.6. The highest BCUT2D eigenvalue weighted by Gasteiger charge is 2.38. The van der Waals surface area contributed by atoms with E-state index in [-0.39, 0.29) is 5.92 Å². The number of unbranched alkanes of at least 4 members (excludes halogenated alkanes) is 2. The minimum atomic E-state index is -0.985. The first-order valence-corrected chi connectivity index (χ1v) is 10.8. The van der Waals surface area contributed by atoms with Gasteiger partial charge in [-0.1, -0.05) is 92.6 Å². The molecule has 2 nitrogen and oxygen atoms in total. The summed E-state index contributed by atoms with van der Waals surface area (Å²) in [6.07, 6.45) is 7.47. The van der Waals surface area contributed by atoms with Crippen molar-refractivity contribution < 1.29 is 9.90 Å². The maximum absolute atomic E-state index is 12.0. The summed E-state index contributed by atoms with van der Waals surface area (Å²) >= 11 is 5.55. The molecule has 0 saturated carbocycles. The van der Waals surface area contributed by atoms with Crippen LogP contribution >= 0.6 is 12.2 Å². The third-order valence-electron chi connectivity index (χ3n) is 5.43. The Bertz CT molecular complexity index is 714. The summed E-state index contributed by atoms with van der Waals surface area (Å²) < 4.78 is 0. The molecule has 2 unspecified atom stereocenters. The van der Waals surface area contributed by atoms with E-state index in [4.69, 9.17) is 12.2 Å². The van der Waals surface area contributed by atoms with Crippen molar-refractivity contribution in [2.45, 2.75) is 69.8 Å². The molecule has 0 spiro atoms. The number of aliphatic hydroxyl groups is 1. The van der Waals surface area contributed by atoms with Crippen molar-refractivity contribution in [3.05, 3.63) is 71.8 Å². The Morgan fingerprint density at radius 3 is 2.29 bits per heavy atom. The van der Waals surface area contributed by atoms with Gasteiger partial charge in [0, 0.05) is 12.3 Å². The van der Waals surface area contributed by atoms with Gasteiger partial charge < -0.3 is 9.90 Å². The highest BCUT2D eigenvalue weighted by molar-refractivity contribution is 7.80. The summed E-state index contributed by atoms with van der Waals surface area (Å²) in [4.78, 5) is 11.7. The second-order valence-corrected chi connectivity index (χ2v) is 8.07. The average Bonchev–Trinajstić information content (AvgIpc) is 2.73. The van der Waals surface area contributed by atoms with Crippen LogP contribution in [0, 0.1) is 0 Å². The van der Waals surface area contributed by atoms with Crippen LogP contribution in [0.15, 0.2) is 60.7 Å². The average molecular weight is 397 g/mol. The summed E-state index contributed by atoms with van der Waals surface area (Å²) in [7, 11) is 0. The molecule has 0 aliphatic rings. The number of carbonyl (C=O) groups is 1. The SMILES string of the molecule is CCCC(=S)CCC(O)(c1ccccc1)C(CCCCC=O)c1ccccc1. The van der Waals surface area contributed by atoms with E-state index in [1.54, 1.807) is 0 Å². The molecule has 0 aliphatic heterocycles. The lowest BCUT2D eigenvalue weighted by atomic mass is 9.72. The Hall–Kier alpha value is -1.84. The maximum Gasteiger partial charge on any atom is 0.119 e. The highest BCUT2D eigenvalue weighted by atomic mass is 32.1. The largest absolute Gasteiger partial charge is 0.385 e. The zero-order valence-corrected chi connectivity index (χ0v) is 17.7. The van der Waals surface area contributed by atoms with E-state index in [1.165, 1.54) is 0 Å². The fraction of sp³-hybridized carbons (Fsp3) is 0.440. The molecule has 0 saturated heterocycles. The molecule has 0 aromatic heterocycles. The lowest BCUT2D eigenvalue weighted by molar-refractivity contribution is -0.107. The lowest BCUT2D eigenvalue weighted by Crippen LogP contribution is -2.34. The van der Waals surface area contributed by atoms with Crippen LogP contribution < -0.4 is 0 Å². The molecule has 0 aliphatic carbocycles. The zero-order valence-electron chi connectivity index (χ0n) is 16.8. The first kappa shape index (κ1) is 22.4. The van der Waals surface area contributed by atoms with Gasteiger partial charge in [-0.25, -0.2) is 0 Å². The Kier molecular flexibility index (Phi) is 9.52. The van der Waals surface area contributed by atoms with E-state index in [1.807, 2.05) is 48.5 Å². The molecule has 0 fully saturated rings. The predicted octanol–water partition coefficient (Wildman–Crippen LogP) is 6.37. The predicted molar refractivity (Wildman–Crippen MR) is 121 cm³/mol. The molecule has 3 heteroatoms. The molecule has 2 rings (SSSR count). The Morgan fingerprint density at radius 2 is 1.68 bits per heavy atom. The van der Waals surface area contributed by atoms with Crippen LogP contribution in [0.25, 0.3) is 0 Å². The van der Waals surface area contributed by atoms with Gasteiger partial charge in [-0.15, -0.1) is 0 Å². The van der Waals surface area contributed by atoms with Gasteiger partial charge in [-0.05, 0) is 48.1 Å². The Morgan fingerprint density at radius 1 is 1.04 bits per heavy atom. The third-order valence-corrected chi connectivity index (χ3v) is 5.84. The van der Waals surface area contributed by atoms with Crippen LogP contribution in [-0.2, 0) is 10.4 Å². The van der Waals surface area contributed by atoms with E-state index in [0.29, 0.717) is 12.8 Å².